The number of anilines is 5. The van der Waals surface area contributed by atoms with Crippen LogP contribution in [0.1, 0.15) is 16.3 Å². The summed E-state index contributed by atoms with van der Waals surface area (Å²) in [5.41, 5.74) is 2.62. The molecule has 0 unspecified atom stereocenters. The molecule has 216 valence electrons. The molecule has 3 heterocycles. The lowest BCUT2D eigenvalue weighted by molar-refractivity contribution is -0.111. The van der Waals surface area contributed by atoms with Crippen molar-refractivity contribution < 1.29 is 19.1 Å². The number of fused-ring (bicyclic) bond motifs is 1. The highest BCUT2D eigenvalue weighted by atomic mass is 35.5. The number of carbonyl (C=O) groups excluding carboxylic acids is 2. The van der Waals surface area contributed by atoms with Crippen molar-refractivity contribution in [1.29, 1.82) is 0 Å². The molecular weight excluding hydrogens is 601 g/mol. The number of hydrogen-bond acceptors (Lipinski definition) is 9. The molecule has 0 atom stereocenters. The lowest BCUT2D eigenvalue weighted by Crippen LogP contribution is -2.48. The lowest BCUT2D eigenvalue weighted by atomic mass is 10.1. The number of benzene rings is 2. The van der Waals surface area contributed by atoms with Gasteiger partial charge in [-0.25, -0.2) is 14.8 Å². The maximum Gasteiger partial charge on any atom is 0.330 e. The van der Waals surface area contributed by atoms with Crippen LogP contribution in [0.25, 0.3) is 0 Å². The third-order valence-electron chi connectivity index (χ3n) is 6.31. The van der Waals surface area contributed by atoms with Crippen LogP contribution in [0.4, 0.5) is 33.6 Å². The van der Waals surface area contributed by atoms with Crippen LogP contribution < -0.4 is 29.9 Å². The number of hydrogen-bond donors (Lipinski definition) is 2. The summed E-state index contributed by atoms with van der Waals surface area (Å²) in [5, 5.41) is 8.94. The second-order valence-corrected chi connectivity index (χ2v) is 10.8. The zero-order chi connectivity index (χ0) is 30.0. The van der Waals surface area contributed by atoms with Crippen molar-refractivity contribution in [1.82, 2.24) is 15.0 Å². The van der Waals surface area contributed by atoms with Crippen LogP contribution in [0.2, 0.25) is 10.0 Å². The molecule has 0 saturated heterocycles. The van der Waals surface area contributed by atoms with Crippen molar-refractivity contribution in [2.75, 3.05) is 34.7 Å². The summed E-state index contributed by atoms with van der Waals surface area (Å²) in [4.78, 5) is 42.8. The summed E-state index contributed by atoms with van der Waals surface area (Å²) >= 11 is 14.9. The number of ether oxygens (including phenoxy) is 2. The first-order valence-electron chi connectivity index (χ1n) is 12.5. The van der Waals surface area contributed by atoms with Crippen molar-refractivity contribution in [2.24, 2.45) is 0 Å². The van der Waals surface area contributed by atoms with Crippen LogP contribution in [0, 0.1) is 6.92 Å². The summed E-state index contributed by atoms with van der Waals surface area (Å²) in [6.45, 7) is 5.59. The van der Waals surface area contributed by atoms with Crippen LogP contribution in [-0.4, -0.2) is 41.1 Å². The van der Waals surface area contributed by atoms with E-state index in [2.05, 4.69) is 27.2 Å². The van der Waals surface area contributed by atoms with E-state index in [-0.39, 0.29) is 40.7 Å². The van der Waals surface area contributed by atoms with Gasteiger partial charge in [0.05, 0.1) is 55.1 Å². The lowest BCUT2D eigenvalue weighted by Gasteiger charge is -2.36. The van der Waals surface area contributed by atoms with Gasteiger partial charge in [-0.15, -0.1) is 11.3 Å². The average Bonchev–Trinajstić information content (AvgIpc) is 3.40. The van der Waals surface area contributed by atoms with Crippen molar-refractivity contribution >= 4 is 75.3 Å². The van der Waals surface area contributed by atoms with Gasteiger partial charge >= 0.3 is 6.03 Å². The van der Waals surface area contributed by atoms with Crippen molar-refractivity contribution in [3.05, 3.63) is 80.9 Å². The van der Waals surface area contributed by atoms with E-state index in [0.29, 0.717) is 39.9 Å². The van der Waals surface area contributed by atoms with Crippen LogP contribution in [-0.2, 0) is 17.9 Å². The van der Waals surface area contributed by atoms with Crippen molar-refractivity contribution in [3.8, 4) is 11.5 Å². The van der Waals surface area contributed by atoms with Crippen molar-refractivity contribution in [2.45, 2.75) is 20.0 Å². The second kappa shape index (κ2) is 12.2. The number of rotatable bonds is 9. The Morgan fingerprint density at radius 1 is 1.14 bits per heavy atom. The van der Waals surface area contributed by atoms with Crippen molar-refractivity contribution in [3.63, 3.8) is 0 Å². The number of halogens is 2. The van der Waals surface area contributed by atoms with Gasteiger partial charge in [-0.2, -0.15) is 4.98 Å². The molecule has 3 amide bonds. The summed E-state index contributed by atoms with van der Waals surface area (Å²) in [6, 6.07) is 8.21. The number of methoxy groups -OCH3 is 2. The average molecular weight is 627 g/mol. The van der Waals surface area contributed by atoms with Gasteiger partial charge in [-0.05, 0) is 25.1 Å². The van der Waals surface area contributed by atoms with Gasteiger partial charge in [0.25, 0.3) is 0 Å². The maximum atomic E-state index is 14.2. The predicted octanol–water partition coefficient (Wildman–Crippen LogP) is 6.58. The Morgan fingerprint density at radius 3 is 2.45 bits per heavy atom. The zero-order valence-corrected chi connectivity index (χ0v) is 25.1. The number of aromatic nitrogens is 3. The zero-order valence-electron chi connectivity index (χ0n) is 22.8. The van der Waals surface area contributed by atoms with Crippen LogP contribution in [0.15, 0.2) is 54.6 Å². The molecule has 2 aromatic carbocycles. The minimum atomic E-state index is -0.435. The fraction of sp³-hybridized carbons (Fsp3) is 0.179. The van der Waals surface area contributed by atoms with E-state index in [1.165, 1.54) is 41.4 Å². The monoisotopic (exact) mass is 625 g/mol. The molecule has 1 aliphatic heterocycles. The molecule has 0 spiro atoms. The van der Waals surface area contributed by atoms with Crippen LogP contribution in [0.3, 0.4) is 0 Å². The molecule has 1 aliphatic rings. The Kier molecular flexibility index (Phi) is 8.48. The number of amides is 3. The van der Waals surface area contributed by atoms with E-state index in [1.807, 2.05) is 12.3 Å². The molecule has 2 N–H and O–H groups in total. The molecule has 0 aliphatic carbocycles. The normalized spacial score (nSPS) is 12.5. The number of para-hydroxylation sites is 2. The highest BCUT2D eigenvalue weighted by molar-refractivity contribution is 7.09. The fourth-order valence-corrected chi connectivity index (χ4v) is 5.66. The summed E-state index contributed by atoms with van der Waals surface area (Å²) in [6.07, 6.45) is 2.80. The van der Waals surface area contributed by atoms with Crippen LogP contribution >= 0.6 is 34.5 Å². The molecule has 14 heteroatoms. The molecule has 5 rings (SSSR count). The minimum absolute atomic E-state index is 0.0722. The standard InChI is InChI=1S/C28H25Cl2N7O4S/c1-5-22(38)33-18-8-6-7-9-19(18)34-27-31-11-16-12-36(25-23(29)20(40-3)10-21(41-4)24(25)30)28(39)37(26(16)35-27)13-17-14-42-15(2)32-17/h5-11,14H,1,12-13H2,2-4H3,(H,33,38)(H,31,34,35). The van der Waals surface area contributed by atoms with Gasteiger partial charge in [-0.3, -0.25) is 14.6 Å². The van der Waals surface area contributed by atoms with E-state index in [9.17, 15) is 9.59 Å². The van der Waals surface area contributed by atoms with E-state index < -0.39 is 6.03 Å². The maximum absolute atomic E-state index is 14.2. The SMILES string of the molecule is C=CC(=O)Nc1ccccc1Nc1ncc2c(n1)N(Cc1csc(C)n1)C(=O)N(c1c(Cl)c(OC)cc(OC)c1Cl)C2. The quantitative estimate of drug-likeness (QED) is 0.200. The van der Waals surface area contributed by atoms with E-state index in [4.69, 9.17) is 37.7 Å². The number of nitrogens with one attached hydrogen (secondary N) is 2. The number of carbonyl (C=O) groups is 2. The second-order valence-electron chi connectivity index (χ2n) is 8.98. The molecule has 4 aromatic rings. The Bertz CT molecular complexity index is 1670. The fourth-order valence-electron chi connectivity index (χ4n) is 4.35. The van der Waals surface area contributed by atoms with Gasteiger partial charge in [0.2, 0.25) is 11.9 Å². The third kappa shape index (κ3) is 5.69. The number of nitrogens with zero attached hydrogens (tertiary/aromatic N) is 5. The summed E-state index contributed by atoms with van der Waals surface area (Å²) in [7, 11) is 2.93. The predicted molar refractivity (Wildman–Crippen MR) is 165 cm³/mol. The molecular formula is C28H25Cl2N7O4S. The minimum Gasteiger partial charge on any atom is -0.495 e. The summed E-state index contributed by atoms with van der Waals surface area (Å²) < 4.78 is 10.8. The largest absolute Gasteiger partial charge is 0.495 e. The number of thiazole rings is 1. The van der Waals surface area contributed by atoms with Gasteiger partial charge < -0.3 is 20.1 Å². The van der Waals surface area contributed by atoms with Gasteiger partial charge in [0.15, 0.2) is 0 Å². The van der Waals surface area contributed by atoms with Gasteiger partial charge in [0, 0.05) is 23.2 Å². The molecule has 2 aromatic heterocycles. The summed E-state index contributed by atoms with van der Waals surface area (Å²) in [5.74, 6) is 0.831. The highest BCUT2D eigenvalue weighted by Gasteiger charge is 2.37. The smallest absolute Gasteiger partial charge is 0.330 e. The highest BCUT2D eigenvalue weighted by Crippen LogP contribution is 2.48. The molecule has 11 nitrogen and oxygen atoms in total. The van der Waals surface area contributed by atoms with E-state index >= 15 is 0 Å². The number of aryl methyl sites for hydroxylation is 1. The molecule has 0 bridgehead atoms. The Labute approximate surface area is 255 Å². The Morgan fingerprint density at radius 2 is 1.83 bits per heavy atom. The third-order valence-corrected chi connectivity index (χ3v) is 7.86. The first-order valence-corrected chi connectivity index (χ1v) is 14.1. The van der Waals surface area contributed by atoms with E-state index in [0.717, 1.165) is 5.01 Å². The number of urea groups is 1. The Hall–Kier alpha value is -4.39. The molecule has 42 heavy (non-hydrogen) atoms. The molecule has 0 radical (unpaired) electrons. The Balaban J connectivity index is 1.58. The topological polar surface area (TPSA) is 122 Å². The van der Waals surface area contributed by atoms with Gasteiger partial charge in [0.1, 0.15) is 27.4 Å². The first-order chi connectivity index (χ1) is 20.2. The van der Waals surface area contributed by atoms with Gasteiger partial charge in [-0.1, -0.05) is 41.9 Å². The molecule has 0 fully saturated rings. The van der Waals surface area contributed by atoms with Crippen LogP contribution in [0.5, 0.6) is 11.5 Å². The first kappa shape index (κ1) is 29.1. The molecule has 0 saturated carbocycles. The van der Waals surface area contributed by atoms with E-state index in [1.54, 1.807) is 36.5 Å².